The highest BCUT2D eigenvalue weighted by Gasteiger charge is 2.23. The van der Waals surface area contributed by atoms with E-state index < -0.39 is 0 Å². The normalized spacial score (nSPS) is 13.8. The molecule has 1 aromatic heterocycles. The maximum Gasteiger partial charge on any atom is 0.415 e. The Morgan fingerprint density at radius 3 is 2.85 bits per heavy atom. The minimum absolute atomic E-state index is 0.335. The second-order valence-electron chi connectivity index (χ2n) is 4.49. The van der Waals surface area contributed by atoms with E-state index in [4.69, 9.17) is 16.3 Å². The average molecular weight is 290 g/mol. The second-order valence-corrected chi connectivity index (χ2v) is 4.88. The van der Waals surface area contributed by atoms with Gasteiger partial charge in [0.15, 0.2) is 5.15 Å². The summed E-state index contributed by atoms with van der Waals surface area (Å²) in [4.78, 5) is 13.7. The van der Waals surface area contributed by atoms with E-state index in [-0.39, 0.29) is 6.09 Å². The number of nitrogens with zero attached hydrogens (tertiary/aromatic N) is 3. The van der Waals surface area contributed by atoms with Crippen LogP contribution in [0.5, 0.6) is 5.75 Å². The molecular formula is C14H12ClN3O2. The number of aromatic nitrogens is 2. The van der Waals surface area contributed by atoms with E-state index in [1.54, 1.807) is 23.1 Å². The van der Waals surface area contributed by atoms with Crippen LogP contribution >= 0.6 is 11.6 Å². The fourth-order valence-electron chi connectivity index (χ4n) is 2.11. The molecule has 2 heterocycles. The van der Waals surface area contributed by atoms with Gasteiger partial charge in [0.05, 0.1) is 12.2 Å². The van der Waals surface area contributed by atoms with E-state index in [0.717, 1.165) is 11.3 Å². The van der Waals surface area contributed by atoms with Crippen LogP contribution in [0.25, 0.3) is 0 Å². The first-order valence-electron chi connectivity index (χ1n) is 6.25. The maximum absolute atomic E-state index is 12.1. The van der Waals surface area contributed by atoms with Crippen LogP contribution in [0.2, 0.25) is 5.15 Å². The molecule has 0 atom stereocenters. The van der Waals surface area contributed by atoms with E-state index in [1.807, 2.05) is 18.2 Å². The van der Waals surface area contributed by atoms with Gasteiger partial charge in [0.1, 0.15) is 5.75 Å². The smallest absolute Gasteiger partial charge is 0.410 e. The predicted octanol–water partition coefficient (Wildman–Crippen LogP) is 2.69. The highest BCUT2D eigenvalue weighted by molar-refractivity contribution is 6.29. The summed E-state index contributed by atoms with van der Waals surface area (Å²) in [6.45, 7) is 1.01. The molecule has 6 heteroatoms. The molecule has 5 nitrogen and oxygen atoms in total. The van der Waals surface area contributed by atoms with Gasteiger partial charge in [0.2, 0.25) is 0 Å². The molecule has 20 heavy (non-hydrogen) atoms. The summed E-state index contributed by atoms with van der Waals surface area (Å²) in [6.07, 6.45) is 0.290. The van der Waals surface area contributed by atoms with Crippen LogP contribution < -0.4 is 4.74 Å². The Balaban J connectivity index is 1.72. The Morgan fingerprint density at radius 1 is 1.25 bits per heavy atom. The Morgan fingerprint density at radius 2 is 2.05 bits per heavy atom. The zero-order valence-corrected chi connectivity index (χ0v) is 11.4. The number of halogens is 1. The van der Waals surface area contributed by atoms with Crippen LogP contribution in [-0.2, 0) is 13.0 Å². The number of rotatable bonds is 1. The molecule has 0 N–H and O–H groups in total. The zero-order valence-electron chi connectivity index (χ0n) is 10.6. The monoisotopic (exact) mass is 289 g/mol. The molecule has 0 fully saturated rings. The van der Waals surface area contributed by atoms with E-state index in [1.165, 1.54) is 0 Å². The highest BCUT2D eigenvalue weighted by Crippen LogP contribution is 2.20. The number of amides is 1. The van der Waals surface area contributed by atoms with Crippen molar-refractivity contribution in [3.8, 4) is 5.75 Å². The van der Waals surface area contributed by atoms with Gasteiger partial charge in [0, 0.05) is 13.0 Å². The molecule has 0 bridgehead atoms. The molecule has 0 radical (unpaired) electrons. The summed E-state index contributed by atoms with van der Waals surface area (Å²) in [6, 6.07) is 10.8. The van der Waals surface area contributed by atoms with Crippen molar-refractivity contribution in [2.75, 3.05) is 6.54 Å². The summed E-state index contributed by atoms with van der Waals surface area (Å²) >= 11 is 5.83. The number of carbonyl (C=O) groups excluding carboxylic acids is 1. The first kappa shape index (κ1) is 12.9. The quantitative estimate of drug-likeness (QED) is 0.810. The van der Waals surface area contributed by atoms with Crippen LogP contribution in [0.3, 0.4) is 0 Å². The van der Waals surface area contributed by atoms with Gasteiger partial charge in [-0.1, -0.05) is 29.8 Å². The molecular weight excluding hydrogens is 278 g/mol. The van der Waals surface area contributed by atoms with Crippen LogP contribution in [0, 0.1) is 0 Å². The first-order valence-corrected chi connectivity index (χ1v) is 6.63. The van der Waals surface area contributed by atoms with Gasteiger partial charge in [0.25, 0.3) is 0 Å². The van der Waals surface area contributed by atoms with Crippen LogP contribution in [0.4, 0.5) is 4.79 Å². The molecule has 0 spiro atoms. The van der Waals surface area contributed by atoms with Crippen LogP contribution in [-0.4, -0.2) is 27.7 Å². The molecule has 0 saturated heterocycles. The Bertz CT molecular complexity index is 634. The average Bonchev–Trinajstić information content (AvgIpc) is 2.47. The molecule has 0 saturated carbocycles. The lowest BCUT2D eigenvalue weighted by Crippen LogP contribution is -2.38. The summed E-state index contributed by atoms with van der Waals surface area (Å²) < 4.78 is 5.32. The van der Waals surface area contributed by atoms with Crippen molar-refractivity contribution in [3.63, 3.8) is 0 Å². The van der Waals surface area contributed by atoms with Crippen molar-refractivity contribution < 1.29 is 9.53 Å². The minimum Gasteiger partial charge on any atom is -0.410 e. The number of benzene rings is 1. The third-order valence-electron chi connectivity index (χ3n) is 3.12. The van der Waals surface area contributed by atoms with Crippen LogP contribution in [0.15, 0.2) is 36.4 Å². The lowest BCUT2D eigenvalue weighted by molar-refractivity contribution is 0.146. The zero-order chi connectivity index (χ0) is 13.9. The molecule has 0 aliphatic carbocycles. The number of hydrogen-bond donors (Lipinski definition) is 0. The Labute approximate surface area is 121 Å². The summed E-state index contributed by atoms with van der Waals surface area (Å²) in [5.74, 6) is 0.536. The van der Waals surface area contributed by atoms with Gasteiger partial charge in [-0.05, 0) is 23.8 Å². The molecule has 3 rings (SSSR count). The number of fused-ring (bicyclic) bond motifs is 1. The Kier molecular flexibility index (Phi) is 3.52. The second kappa shape index (κ2) is 5.46. The first-order chi connectivity index (χ1) is 9.72. The van der Waals surface area contributed by atoms with Crippen molar-refractivity contribution >= 4 is 17.7 Å². The van der Waals surface area contributed by atoms with Crippen molar-refractivity contribution in [3.05, 3.63) is 52.8 Å². The molecule has 0 unspecified atom stereocenters. The fourth-order valence-corrected chi connectivity index (χ4v) is 2.28. The van der Waals surface area contributed by atoms with Crippen LogP contribution in [0.1, 0.15) is 11.3 Å². The number of para-hydroxylation sites is 1. The molecule has 102 valence electrons. The van der Waals surface area contributed by atoms with E-state index in [9.17, 15) is 4.79 Å². The summed E-state index contributed by atoms with van der Waals surface area (Å²) in [7, 11) is 0. The van der Waals surface area contributed by atoms with E-state index >= 15 is 0 Å². The third-order valence-corrected chi connectivity index (χ3v) is 3.30. The molecule has 1 aromatic carbocycles. The molecule has 2 aromatic rings. The lowest BCUT2D eigenvalue weighted by atomic mass is 10.1. The number of hydrogen-bond acceptors (Lipinski definition) is 4. The molecule has 1 amide bonds. The Hall–Kier alpha value is -2.14. The van der Waals surface area contributed by atoms with Crippen molar-refractivity contribution in [2.24, 2.45) is 0 Å². The summed E-state index contributed by atoms with van der Waals surface area (Å²) in [5.41, 5.74) is 1.81. The third kappa shape index (κ3) is 2.72. The standard InChI is InChI=1S/C14H12ClN3O2/c15-13-8-10-9-18(7-6-12(10)16-17-13)14(19)20-11-4-2-1-3-5-11/h1-5,8H,6-7,9H2. The maximum atomic E-state index is 12.1. The summed E-state index contributed by atoms with van der Waals surface area (Å²) in [5, 5.41) is 8.18. The van der Waals surface area contributed by atoms with E-state index in [2.05, 4.69) is 10.2 Å². The van der Waals surface area contributed by atoms with Gasteiger partial charge in [-0.15, -0.1) is 5.10 Å². The van der Waals surface area contributed by atoms with Crippen molar-refractivity contribution in [1.29, 1.82) is 0 Å². The number of carbonyl (C=O) groups is 1. The van der Waals surface area contributed by atoms with Gasteiger partial charge < -0.3 is 9.64 Å². The molecule has 1 aliphatic rings. The van der Waals surface area contributed by atoms with Gasteiger partial charge in [-0.3, -0.25) is 0 Å². The predicted molar refractivity (Wildman–Crippen MR) is 73.6 cm³/mol. The van der Waals surface area contributed by atoms with Gasteiger partial charge in [-0.2, -0.15) is 5.10 Å². The highest BCUT2D eigenvalue weighted by atomic mass is 35.5. The largest absolute Gasteiger partial charge is 0.415 e. The molecule has 1 aliphatic heterocycles. The minimum atomic E-state index is -0.366. The number of ether oxygens (including phenoxy) is 1. The fraction of sp³-hybridized carbons (Fsp3) is 0.214. The SMILES string of the molecule is O=C(Oc1ccccc1)N1CCc2nnc(Cl)cc2C1. The van der Waals surface area contributed by atoms with E-state index in [0.29, 0.717) is 30.4 Å². The van der Waals surface area contributed by atoms with Crippen molar-refractivity contribution in [2.45, 2.75) is 13.0 Å². The van der Waals surface area contributed by atoms with Gasteiger partial charge >= 0.3 is 6.09 Å². The van der Waals surface area contributed by atoms with Gasteiger partial charge in [-0.25, -0.2) is 4.79 Å². The van der Waals surface area contributed by atoms with Crippen molar-refractivity contribution in [1.82, 2.24) is 15.1 Å². The topological polar surface area (TPSA) is 55.3 Å². The lowest BCUT2D eigenvalue weighted by Gasteiger charge is -2.27.